The fourth-order valence-electron chi connectivity index (χ4n) is 2.15. The molecule has 1 saturated carbocycles. The lowest BCUT2D eigenvalue weighted by Crippen LogP contribution is -2.20. The van der Waals surface area contributed by atoms with Crippen molar-refractivity contribution in [1.29, 1.82) is 5.26 Å². The van der Waals surface area contributed by atoms with Crippen molar-refractivity contribution in [3.05, 3.63) is 30.3 Å². The van der Waals surface area contributed by atoms with Gasteiger partial charge in [0.05, 0.1) is 24.7 Å². The number of nitrogens with zero attached hydrogens (tertiary/aromatic N) is 1. The second-order valence-corrected chi connectivity index (χ2v) is 4.24. The Morgan fingerprint density at radius 2 is 2.00 bits per heavy atom. The van der Waals surface area contributed by atoms with E-state index in [4.69, 9.17) is 14.7 Å². The van der Waals surface area contributed by atoms with Gasteiger partial charge in [-0.05, 0) is 31.4 Å². The van der Waals surface area contributed by atoms with Gasteiger partial charge in [-0.2, -0.15) is 5.26 Å². The SMILES string of the molecule is N#CC1CCCC1OCCOc1ccccc1. The predicted octanol–water partition coefficient (Wildman–Crippen LogP) is 2.77. The molecule has 1 aliphatic carbocycles. The van der Waals surface area contributed by atoms with Crippen molar-refractivity contribution < 1.29 is 9.47 Å². The van der Waals surface area contributed by atoms with Gasteiger partial charge in [0.1, 0.15) is 12.4 Å². The highest BCUT2D eigenvalue weighted by molar-refractivity contribution is 5.20. The van der Waals surface area contributed by atoms with Crippen LogP contribution >= 0.6 is 0 Å². The molecule has 2 unspecified atom stereocenters. The van der Waals surface area contributed by atoms with Crippen molar-refractivity contribution in [2.75, 3.05) is 13.2 Å². The van der Waals surface area contributed by atoms with Crippen molar-refractivity contribution >= 4 is 0 Å². The summed E-state index contributed by atoms with van der Waals surface area (Å²) in [5, 5.41) is 8.91. The molecule has 0 aromatic heterocycles. The normalized spacial score (nSPS) is 23.2. The summed E-state index contributed by atoms with van der Waals surface area (Å²) in [5.74, 6) is 0.936. The standard InChI is InChI=1S/C14H17NO2/c15-11-12-5-4-8-14(12)17-10-9-16-13-6-2-1-3-7-13/h1-3,6-7,12,14H,4-5,8-10H2. The average molecular weight is 231 g/mol. The zero-order valence-electron chi connectivity index (χ0n) is 9.84. The second kappa shape index (κ2) is 6.27. The Hall–Kier alpha value is -1.53. The first-order chi connectivity index (χ1) is 8.40. The number of para-hydroxylation sites is 1. The fourth-order valence-corrected chi connectivity index (χ4v) is 2.15. The summed E-state index contributed by atoms with van der Waals surface area (Å²) >= 11 is 0. The third-order valence-corrected chi connectivity index (χ3v) is 3.05. The van der Waals surface area contributed by atoms with Crippen molar-refractivity contribution in [2.24, 2.45) is 5.92 Å². The van der Waals surface area contributed by atoms with Gasteiger partial charge in [0.25, 0.3) is 0 Å². The maximum atomic E-state index is 8.91. The first-order valence-corrected chi connectivity index (χ1v) is 6.09. The molecule has 17 heavy (non-hydrogen) atoms. The molecule has 0 amide bonds. The van der Waals surface area contributed by atoms with E-state index in [9.17, 15) is 0 Å². The molecule has 1 aromatic rings. The largest absolute Gasteiger partial charge is 0.491 e. The highest BCUT2D eigenvalue weighted by Gasteiger charge is 2.27. The van der Waals surface area contributed by atoms with Crippen molar-refractivity contribution in [2.45, 2.75) is 25.4 Å². The number of rotatable bonds is 5. The van der Waals surface area contributed by atoms with Crippen LogP contribution in [0.3, 0.4) is 0 Å². The molecule has 0 N–H and O–H groups in total. The maximum Gasteiger partial charge on any atom is 0.119 e. The van der Waals surface area contributed by atoms with Crippen LogP contribution in [0.4, 0.5) is 0 Å². The van der Waals surface area contributed by atoms with E-state index >= 15 is 0 Å². The van der Waals surface area contributed by atoms with E-state index in [1.54, 1.807) is 0 Å². The van der Waals surface area contributed by atoms with Gasteiger partial charge in [-0.3, -0.25) is 0 Å². The third kappa shape index (κ3) is 3.47. The van der Waals surface area contributed by atoms with E-state index in [1.165, 1.54) is 0 Å². The molecular weight excluding hydrogens is 214 g/mol. The quantitative estimate of drug-likeness (QED) is 0.732. The molecule has 1 aromatic carbocycles. The van der Waals surface area contributed by atoms with Crippen LogP contribution in [0.2, 0.25) is 0 Å². The molecule has 3 nitrogen and oxygen atoms in total. The molecule has 2 rings (SSSR count). The van der Waals surface area contributed by atoms with Gasteiger partial charge in [0, 0.05) is 0 Å². The van der Waals surface area contributed by atoms with E-state index in [2.05, 4.69) is 6.07 Å². The summed E-state index contributed by atoms with van der Waals surface area (Å²) in [6, 6.07) is 12.0. The van der Waals surface area contributed by atoms with Crippen LogP contribution < -0.4 is 4.74 Å². The average Bonchev–Trinajstić information content (AvgIpc) is 2.83. The number of benzene rings is 1. The van der Waals surface area contributed by atoms with E-state index in [0.29, 0.717) is 13.2 Å². The van der Waals surface area contributed by atoms with Crippen LogP contribution in [0.1, 0.15) is 19.3 Å². The Kier molecular flexibility index (Phi) is 4.40. The molecule has 1 fully saturated rings. The molecule has 0 aliphatic heterocycles. The predicted molar refractivity (Wildman–Crippen MR) is 64.6 cm³/mol. The first-order valence-electron chi connectivity index (χ1n) is 6.09. The van der Waals surface area contributed by atoms with Crippen LogP contribution in [0.5, 0.6) is 5.75 Å². The van der Waals surface area contributed by atoms with Gasteiger partial charge >= 0.3 is 0 Å². The zero-order valence-corrected chi connectivity index (χ0v) is 9.84. The summed E-state index contributed by atoms with van der Waals surface area (Å²) in [7, 11) is 0. The Morgan fingerprint density at radius 1 is 1.18 bits per heavy atom. The number of ether oxygens (including phenoxy) is 2. The van der Waals surface area contributed by atoms with Crippen molar-refractivity contribution in [3.63, 3.8) is 0 Å². The number of hydrogen-bond donors (Lipinski definition) is 0. The van der Waals surface area contributed by atoms with Crippen LogP contribution in [-0.4, -0.2) is 19.3 Å². The van der Waals surface area contributed by atoms with E-state index in [1.807, 2.05) is 30.3 Å². The Balaban J connectivity index is 1.65. The zero-order chi connectivity index (χ0) is 11.9. The summed E-state index contributed by atoms with van der Waals surface area (Å²) in [5.41, 5.74) is 0. The minimum Gasteiger partial charge on any atom is -0.491 e. The van der Waals surface area contributed by atoms with Crippen LogP contribution in [0, 0.1) is 17.2 Å². The number of hydrogen-bond acceptors (Lipinski definition) is 3. The lowest BCUT2D eigenvalue weighted by Gasteiger charge is -2.14. The van der Waals surface area contributed by atoms with Crippen molar-refractivity contribution in [1.82, 2.24) is 0 Å². The van der Waals surface area contributed by atoms with Crippen molar-refractivity contribution in [3.8, 4) is 11.8 Å². The minimum atomic E-state index is 0.0757. The summed E-state index contributed by atoms with van der Waals surface area (Å²) in [6.07, 6.45) is 3.19. The van der Waals surface area contributed by atoms with Crippen LogP contribution in [-0.2, 0) is 4.74 Å². The molecule has 0 radical (unpaired) electrons. The maximum absolute atomic E-state index is 8.91. The molecule has 0 saturated heterocycles. The molecule has 3 heteroatoms. The van der Waals surface area contributed by atoms with Gasteiger partial charge < -0.3 is 9.47 Å². The van der Waals surface area contributed by atoms with Crippen LogP contribution in [0.15, 0.2) is 30.3 Å². The third-order valence-electron chi connectivity index (χ3n) is 3.05. The summed E-state index contributed by atoms with van der Waals surface area (Å²) in [4.78, 5) is 0. The molecule has 0 heterocycles. The van der Waals surface area contributed by atoms with Gasteiger partial charge in [-0.25, -0.2) is 0 Å². The van der Waals surface area contributed by atoms with Gasteiger partial charge in [-0.15, -0.1) is 0 Å². The molecule has 0 spiro atoms. The Morgan fingerprint density at radius 3 is 2.76 bits per heavy atom. The molecule has 90 valence electrons. The van der Waals surface area contributed by atoms with Gasteiger partial charge in [0.15, 0.2) is 0 Å². The lowest BCUT2D eigenvalue weighted by molar-refractivity contribution is 0.0237. The van der Waals surface area contributed by atoms with E-state index < -0.39 is 0 Å². The van der Waals surface area contributed by atoms with E-state index in [-0.39, 0.29) is 12.0 Å². The summed E-state index contributed by atoms with van der Waals surface area (Å²) < 4.78 is 11.2. The second-order valence-electron chi connectivity index (χ2n) is 4.24. The first kappa shape index (κ1) is 11.9. The number of nitriles is 1. The van der Waals surface area contributed by atoms with Gasteiger partial charge in [0.2, 0.25) is 0 Å². The van der Waals surface area contributed by atoms with Gasteiger partial charge in [-0.1, -0.05) is 18.2 Å². The topological polar surface area (TPSA) is 42.2 Å². The lowest BCUT2D eigenvalue weighted by atomic mass is 10.1. The smallest absolute Gasteiger partial charge is 0.119 e. The Labute approximate surface area is 102 Å². The minimum absolute atomic E-state index is 0.0757. The highest BCUT2D eigenvalue weighted by Crippen LogP contribution is 2.27. The fraction of sp³-hybridized carbons (Fsp3) is 0.500. The Bertz CT molecular complexity index is 372. The van der Waals surface area contributed by atoms with Crippen LogP contribution in [0.25, 0.3) is 0 Å². The highest BCUT2D eigenvalue weighted by atomic mass is 16.5. The molecule has 1 aliphatic rings. The summed E-state index contributed by atoms with van der Waals surface area (Å²) in [6.45, 7) is 1.09. The molecular formula is C14H17NO2. The molecule has 2 atom stereocenters. The molecule has 0 bridgehead atoms. The van der Waals surface area contributed by atoms with E-state index in [0.717, 1.165) is 25.0 Å². The monoisotopic (exact) mass is 231 g/mol.